The van der Waals surface area contributed by atoms with Gasteiger partial charge in [-0.15, -0.1) is 0 Å². The van der Waals surface area contributed by atoms with Gasteiger partial charge < -0.3 is 4.42 Å². The highest BCUT2D eigenvalue weighted by atomic mass is 35.5. The van der Waals surface area contributed by atoms with Crippen molar-refractivity contribution in [2.24, 2.45) is 0 Å². The maximum absolute atomic E-state index is 11.9. The van der Waals surface area contributed by atoms with Crippen LogP contribution < -0.4 is 5.63 Å². The molecule has 1 heterocycles. The third-order valence-corrected chi connectivity index (χ3v) is 3.72. The number of benzene rings is 1. The fraction of sp³-hybridized carbons (Fsp3) is 0.412. The van der Waals surface area contributed by atoms with Crippen molar-refractivity contribution < 1.29 is 9.21 Å². The Hall–Kier alpha value is -1.61. The third kappa shape index (κ3) is 5.01. The highest BCUT2D eigenvalue weighted by Gasteiger charge is 2.04. The predicted molar refractivity (Wildman–Crippen MR) is 84.8 cm³/mol. The molecule has 0 bridgehead atoms. The number of carbonyl (C=O) groups excluding carboxylic acids is 1. The Morgan fingerprint density at radius 1 is 1.05 bits per heavy atom. The molecule has 0 aliphatic carbocycles. The Kier molecular flexibility index (Phi) is 6.00. The Balaban J connectivity index is 1.79. The van der Waals surface area contributed by atoms with Crippen molar-refractivity contribution in [1.29, 1.82) is 0 Å². The number of para-hydroxylation sites is 1. The average Bonchev–Trinajstić information content (AvgIpc) is 2.46. The summed E-state index contributed by atoms with van der Waals surface area (Å²) in [6.07, 6.45) is 6.10. The van der Waals surface area contributed by atoms with E-state index >= 15 is 0 Å². The zero-order valence-corrected chi connectivity index (χ0v) is 12.7. The van der Waals surface area contributed by atoms with E-state index in [1.807, 2.05) is 24.3 Å². The quantitative estimate of drug-likeness (QED) is 0.411. The molecule has 3 nitrogen and oxygen atoms in total. The van der Waals surface area contributed by atoms with E-state index < -0.39 is 0 Å². The molecule has 21 heavy (non-hydrogen) atoms. The van der Waals surface area contributed by atoms with Crippen LogP contribution in [0.3, 0.4) is 0 Å². The topological polar surface area (TPSA) is 47.3 Å². The summed E-state index contributed by atoms with van der Waals surface area (Å²) < 4.78 is 5.31. The minimum atomic E-state index is -0.260. The fourth-order valence-corrected chi connectivity index (χ4v) is 2.52. The van der Waals surface area contributed by atoms with Crippen LogP contribution in [-0.4, -0.2) is 5.24 Å². The first-order chi connectivity index (χ1) is 10.2. The molecule has 2 rings (SSSR count). The first-order valence-corrected chi connectivity index (χ1v) is 7.75. The summed E-state index contributed by atoms with van der Waals surface area (Å²) in [4.78, 5) is 22.4. The summed E-state index contributed by atoms with van der Waals surface area (Å²) in [5.74, 6) is 0. The molecule has 112 valence electrons. The van der Waals surface area contributed by atoms with E-state index in [-0.39, 0.29) is 10.9 Å². The lowest BCUT2D eigenvalue weighted by Gasteiger charge is -2.02. The molecule has 4 heteroatoms. The van der Waals surface area contributed by atoms with Crippen molar-refractivity contribution in [2.45, 2.75) is 44.9 Å². The van der Waals surface area contributed by atoms with Crippen molar-refractivity contribution in [2.75, 3.05) is 0 Å². The van der Waals surface area contributed by atoms with Crippen LogP contribution in [0.4, 0.5) is 0 Å². The SMILES string of the molecule is O=C(Cl)CCCCCCCc1cc2ccccc2oc1=O. The van der Waals surface area contributed by atoms with Crippen molar-refractivity contribution >= 4 is 27.8 Å². The summed E-state index contributed by atoms with van der Waals surface area (Å²) >= 11 is 5.28. The molecule has 0 spiro atoms. The van der Waals surface area contributed by atoms with Crippen molar-refractivity contribution in [3.63, 3.8) is 0 Å². The van der Waals surface area contributed by atoms with Crippen LogP contribution >= 0.6 is 11.6 Å². The summed E-state index contributed by atoms with van der Waals surface area (Å²) in [7, 11) is 0. The fourth-order valence-electron chi connectivity index (χ4n) is 2.39. The van der Waals surface area contributed by atoms with Crippen molar-refractivity contribution in [3.05, 3.63) is 46.3 Å². The van der Waals surface area contributed by atoms with Crippen molar-refractivity contribution in [1.82, 2.24) is 0 Å². The second-order valence-electron chi connectivity index (χ2n) is 5.22. The van der Waals surface area contributed by atoms with Gasteiger partial charge in [0.25, 0.3) is 0 Å². The van der Waals surface area contributed by atoms with Crippen LogP contribution in [0.25, 0.3) is 11.0 Å². The van der Waals surface area contributed by atoms with Gasteiger partial charge in [0.1, 0.15) is 5.58 Å². The summed E-state index contributed by atoms with van der Waals surface area (Å²) in [5, 5.41) is 0.705. The lowest BCUT2D eigenvalue weighted by Crippen LogP contribution is -2.06. The van der Waals surface area contributed by atoms with E-state index in [2.05, 4.69) is 0 Å². The van der Waals surface area contributed by atoms with Crippen LogP contribution in [0.1, 0.15) is 44.1 Å². The summed E-state index contributed by atoms with van der Waals surface area (Å²) in [6, 6.07) is 9.47. The van der Waals surface area contributed by atoms with Crippen molar-refractivity contribution in [3.8, 4) is 0 Å². The van der Waals surface area contributed by atoms with E-state index in [9.17, 15) is 9.59 Å². The van der Waals surface area contributed by atoms with Gasteiger partial charge in [-0.2, -0.15) is 0 Å². The number of rotatable bonds is 8. The maximum Gasteiger partial charge on any atom is 0.339 e. The third-order valence-electron chi connectivity index (χ3n) is 3.53. The molecule has 0 aliphatic rings. The normalized spacial score (nSPS) is 10.9. The standard InChI is InChI=1S/C17H19ClO3/c18-16(19)11-5-3-1-2-4-9-14-12-13-8-6-7-10-15(13)21-17(14)20/h6-8,10,12H,1-5,9,11H2. The van der Waals surface area contributed by atoms with Gasteiger partial charge in [0.15, 0.2) is 0 Å². The Morgan fingerprint density at radius 2 is 1.76 bits per heavy atom. The van der Waals surface area contributed by atoms with Gasteiger partial charge in [0.2, 0.25) is 5.24 Å². The van der Waals surface area contributed by atoms with Gasteiger partial charge in [-0.3, -0.25) is 4.79 Å². The van der Waals surface area contributed by atoms with Gasteiger partial charge in [-0.25, -0.2) is 4.79 Å². The summed E-state index contributed by atoms with van der Waals surface area (Å²) in [5.41, 5.74) is 1.14. The molecule has 0 aliphatic heterocycles. The number of hydrogen-bond donors (Lipinski definition) is 0. The highest BCUT2D eigenvalue weighted by molar-refractivity contribution is 6.63. The monoisotopic (exact) mass is 306 g/mol. The maximum atomic E-state index is 11.9. The molecule has 0 saturated carbocycles. The van der Waals surface area contributed by atoms with Crippen LogP contribution in [0.15, 0.2) is 39.5 Å². The van der Waals surface area contributed by atoms with Gasteiger partial charge in [0.05, 0.1) is 0 Å². The zero-order valence-electron chi connectivity index (χ0n) is 11.9. The number of unbranched alkanes of at least 4 members (excludes halogenated alkanes) is 4. The number of halogens is 1. The molecule has 0 fully saturated rings. The van der Waals surface area contributed by atoms with E-state index in [1.54, 1.807) is 6.07 Å². The first-order valence-electron chi connectivity index (χ1n) is 7.37. The van der Waals surface area contributed by atoms with Gasteiger partial charge in [-0.1, -0.05) is 37.5 Å². The van der Waals surface area contributed by atoms with Gasteiger partial charge in [-0.05, 0) is 43.0 Å². The lowest BCUT2D eigenvalue weighted by atomic mass is 10.1. The Morgan fingerprint density at radius 3 is 2.57 bits per heavy atom. The number of fused-ring (bicyclic) bond motifs is 1. The van der Waals surface area contributed by atoms with E-state index in [1.165, 1.54) is 0 Å². The average molecular weight is 307 g/mol. The molecule has 0 N–H and O–H groups in total. The van der Waals surface area contributed by atoms with Crippen LogP contribution in [0, 0.1) is 0 Å². The van der Waals surface area contributed by atoms with Gasteiger partial charge in [0, 0.05) is 17.4 Å². The number of hydrogen-bond acceptors (Lipinski definition) is 3. The molecule has 0 amide bonds. The molecule has 0 atom stereocenters. The zero-order chi connectivity index (χ0) is 15.1. The Bertz CT molecular complexity index is 660. The van der Waals surface area contributed by atoms with E-state index in [0.29, 0.717) is 12.0 Å². The molecular formula is C17H19ClO3. The van der Waals surface area contributed by atoms with E-state index in [0.717, 1.165) is 49.5 Å². The molecular weight excluding hydrogens is 288 g/mol. The highest BCUT2D eigenvalue weighted by Crippen LogP contribution is 2.14. The minimum absolute atomic E-state index is 0.235. The second kappa shape index (κ2) is 7.99. The van der Waals surface area contributed by atoms with Crippen LogP contribution in [-0.2, 0) is 11.2 Å². The smallest absolute Gasteiger partial charge is 0.339 e. The number of carbonyl (C=O) groups is 1. The van der Waals surface area contributed by atoms with Crippen LogP contribution in [0.5, 0.6) is 0 Å². The molecule has 0 unspecified atom stereocenters. The lowest BCUT2D eigenvalue weighted by molar-refractivity contribution is -0.111. The summed E-state index contributed by atoms with van der Waals surface area (Å²) in [6.45, 7) is 0. The molecule has 1 aromatic carbocycles. The molecule has 0 saturated heterocycles. The first kappa shape index (κ1) is 15.8. The molecule has 1 aromatic heterocycles. The van der Waals surface area contributed by atoms with Gasteiger partial charge >= 0.3 is 5.63 Å². The van der Waals surface area contributed by atoms with E-state index in [4.69, 9.17) is 16.0 Å². The van der Waals surface area contributed by atoms with Crippen LogP contribution in [0.2, 0.25) is 0 Å². The minimum Gasteiger partial charge on any atom is -0.423 e. The molecule has 2 aromatic rings. The second-order valence-corrected chi connectivity index (χ2v) is 5.64. The molecule has 0 radical (unpaired) electrons. The largest absolute Gasteiger partial charge is 0.423 e. The number of aryl methyl sites for hydroxylation is 1. The predicted octanol–water partition coefficient (Wildman–Crippen LogP) is 4.44. The Labute approximate surface area is 128 Å².